The van der Waals surface area contributed by atoms with Gasteiger partial charge in [-0.15, -0.1) is 0 Å². The van der Waals surface area contributed by atoms with Gasteiger partial charge < -0.3 is 5.32 Å². The second-order valence-electron chi connectivity index (χ2n) is 5.36. The first kappa shape index (κ1) is 13.5. The predicted octanol–water partition coefficient (Wildman–Crippen LogP) is 2.57. The van der Waals surface area contributed by atoms with Crippen LogP contribution in [-0.2, 0) is 6.54 Å². The zero-order valence-corrected chi connectivity index (χ0v) is 11.4. The van der Waals surface area contributed by atoms with E-state index in [0.29, 0.717) is 0 Å². The summed E-state index contributed by atoms with van der Waals surface area (Å²) in [7, 11) is 2.02. The zero-order chi connectivity index (χ0) is 13.0. The number of rotatable bonds is 4. The van der Waals surface area contributed by atoms with Gasteiger partial charge in [0, 0.05) is 6.54 Å². The average molecular weight is 250 g/mol. The van der Waals surface area contributed by atoms with Crippen molar-refractivity contribution in [2.75, 3.05) is 26.7 Å². The van der Waals surface area contributed by atoms with Crippen LogP contribution in [0.2, 0.25) is 0 Å². The maximum atomic E-state index is 13.2. The number of hydrogen-bond acceptors (Lipinski definition) is 2. The minimum Gasteiger partial charge on any atom is -0.319 e. The van der Waals surface area contributed by atoms with Gasteiger partial charge >= 0.3 is 0 Å². The van der Waals surface area contributed by atoms with E-state index in [1.807, 2.05) is 26.1 Å². The standard InChI is InChI=1S/C15H23FN2/c1-12-9-14(3-4-15(12)16)11-18-7-5-13(6-8-18)10-17-2/h3-4,9,13,17H,5-8,10-11H2,1-2H3. The van der Waals surface area contributed by atoms with Gasteiger partial charge in [0.15, 0.2) is 0 Å². The van der Waals surface area contributed by atoms with E-state index in [1.165, 1.54) is 18.4 Å². The van der Waals surface area contributed by atoms with Gasteiger partial charge in [-0.05, 0) is 69.6 Å². The first-order valence-corrected chi connectivity index (χ1v) is 6.81. The highest BCUT2D eigenvalue weighted by atomic mass is 19.1. The van der Waals surface area contributed by atoms with Gasteiger partial charge in [0.05, 0.1) is 0 Å². The molecule has 0 aromatic heterocycles. The van der Waals surface area contributed by atoms with Gasteiger partial charge in [-0.1, -0.05) is 12.1 Å². The molecule has 3 heteroatoms. The van der Waals surface area contributed by atoms with Crippen molar-refractivity contribution in [2.45, 2.75) is 26.3 Å². The maximum Gasteiger partial charge on any atom is 0.126 e. The number of halogens is 1. The number of nitrogens with zero attached hydrogens (tertiary/aromatic N) is 1. The molecule has 0 amide bonds. The lowest BCUT2D eigenvalue weighted by molar-refractivity contribution is 0.176. The maximum absolute atomic E-state index is 13.2. The molecule has 0 unspecified atom stereocenters. The van der Waals surface area contributed by atoms with Crippen molar-refractivity contribution >= 4 is 0 Å². The van der Waals surface area contributed by atoms with Crippen molar-refractivity contribution in [1.82, 2.24) is 10.2 Å². The van der Waals surface area contributed by atoms with Gasteiger partial charge in [-0.25, -0.2) is 4.39 Å². The molecule has 0 aliphatic carbocycles. The highest BCUT2D eigenvalue weighted by Gasteiger charge is 2.18. The number of benzene rings is 1. The summed E-state index contributed by atoms with van der Waals surface area (Å²) >= 11 is 0. The van der Waals surface area contributed by atoms with Crippen LogP contribution in [0.5, 0.6) is 0 Å². The number of hydrogen-bond donors (Lipinski definition) is 1. The van der Waals surface area contributed by atoms with Crippen LogP contribution in [0, 0.1) is 18.7 Å². The van der Waals surface area contributed by atoms with Crippen LogP contribution < -0.4 is 5.32 Å². The normalized spacial score (nSPS) is 18.2. The summed E-state index contributed by atoms with van der Waals surface area (Å²) in [5.41, 5.74) is 1.97. The lowest BCUT2D eigenvalue weighted by atomic mass is 9.96. The molecular weight excluding hydrogens is 227 g/mol. The van der Waals surface area contributed by atoms with E-state index in [2.05, 4.69) is 10.2 Å². The summed E-state index contributed by atoms with van der Waals surface area (Å²) in [6.07, 6.45) is 2.53. The van der Waals surface area contributed by atoms with Crippen molar-refractivity contribution in [3.05, 3.63) is 35.1 Å². The Labute approximate surface area is 109 Å². The topological polar surface area (TPSA) is 15.3 Å². The highest BCUT2D eigenvalue weighted by Crippen LogP contribution is 2.19. The van der Waals surface area contributed by atoms with E-state index < -0.39 is 0 Å². The molecule has 100 valence electrons. The first-order chi connectivity index (χ1) is 8.69. The molecule has 1 saturated heterocycles. The molecule has 0 bridgehead atoms. The fourth-order valence-corrected chi connectivity index (χ4v) is 2.70. The Kier molecular flexibility index (Phi) is 4.72. The summed E-state index contributed by atoms with van der Waals surface area (Å²) < 4.78 is 13.2. The van der Waals surface area contributed by atoms with E-state index >= 15 is 0 Å². The zero-order valence-electron chi connectivity index (χ0n) is 11.4. The molecule has 1 N–H and O–H groups in total. The van der Waals surface area contributed by atoms with Gasteiger partial charge in [0.1, 0.15) is 5.82 Å². The molecule has 2 nitrogen and oxygen atoms in total. The predicted molar refractivity (Wildman–Crippen MR) is 73.1 cm³/mol. The third kappa shape index (κ3) is 3.53. The van der Waals surface area contributed by atoms with Crippen molar-refractivity contribution in [3.63, 3.8) is 0 Å². The lowest BCUT2D eigenvalue weighted by Crippen LogP contribution is -2.36. The lowest BCUT2D eigenvalue weighted by Gasteiger charge is -2.31. The fraction of sp³-hybridized carbons (Fsp3) is 0.600. The van der Waals surface area contributed by atoms with Gasteiger partial charge in [0.25, 0.3) is 0 Å². The summed E-state index contributed by atoms with van der Waals surface area (Å²) in [5.74, 6) is 0.715. The van der Waals surface area contributed by atoms with E-state index in [1.54, 1.807) is 6.07 Å². The third-order valence-corrected chi connectivity index (χ3v) is 3.83. The number of piperidine rings is 1. The largest absolute Gasteiger partial charge is 0.319 e. The van der Waals surface area contributed by atoms with E-state index in [9.17, 15) is 4.39 Å². The number of aryl methyl sites for hydroxylation is 1. The molecule has 0 spiro atoms. The molecule has 0 saturated carbocycles. The van der Waals surface area contributed by atoms with E-state index in [-0.39, 0.29) is 5.82 Å². The molecule has 2 rings (SSSR count). The Balaban J connectivity index is 1.85. The molecule has 1 aliphatic rings. The fourth-order valence-electron chi connectivity index (χ4n) is 2.70. The highest BCUT2D eigenvalue weighted by molar-refractivity contribution is 5.23. The molecule has 1 fully saturated rings. The Morgan fingerprint density at radius 3 is 2.67 bits per heavy atom. The molecule has 1 aromatic rings. The molecular formula is C15H23FN2. The minimum atomic E-state index is -0.105. The Morgan fingerprint density at radius 2 is 2.06 bits per heavy atom. The number of likely N-dealkylation sites (tertiary alicyclic amines) is 1. The van der Waals surface area contributed by atoms with Gasteiger partial charge in [0.2, 0.25) is 0 Å². The summed E-state index contributed by atoms with van der Waals surface area (Å²) in [6.45, 7) is 6.22. The van der Waals surface area contributed by atoms with Crippen LogP contribution >= 0.6 is 0 Å². The van der Waals surface area contributed by atoms with E-state index in [4.69, 9.17) is 0 Å². The second kappa shape index (κ2) is 6.30. The Bertz CT molecular complexity index is 384. The quantitative estimate of drug-likeness (QED) is 0.883. The van der Waals surface area contributed by atoms with Crippen LogP contribution in [0.25, 0.3) is 0 Å². The monoisotopic (exact) mass is 250 g/mol. The van der Waals surface area contributed by atoms with Crippen molar-refractivity contribution in [2.24, 2.45) is 5.92 Å². The van der Waals surface area contributed by atoms with Crippen molar-refractivity contribution in [3.8, 4) is 0 Å². The van der Waals surface area contributed by atoms with E-state index in [0.717, 1.165) is 37.7 Å². The molecule has 0 atom stereocenters. The first-order valence-electron chi connectivity index (χ1n) is 6.81. The second-order valence-corrected chi connectivity index (χ2v) is 5.36. The minimum absolute atomic E-state index is 0.105. The smallest absolute Gasteiger partial charge is 0.126 e. The summed E-state index contributed by atoms with van der Waals surface area (Å²) in [5, 5.41) is 3.26. The van der Waals surface area contributed by atoms with Crippen LogP contribution in [0.3, 0.4) is 0 Å². The van der Waals surface area contributed by atoms with Crippen LogP contribution in [0.4, 0.5) is 4.39 Å². The van der Waals surface area contributed by atoms with Crippen LogP contribution in [0.15, 0.2) is 18.2 Å². The summed E-state index contributed by atoms with van der Waals surface area (Å²) in [6, 6.07) is 5.45. The molecule has 1 aliphatic heterocycles. The SMILES string of the molecule is CNCC1CCN(Cc2ccc(F)c(C)c2)CC1. The van der Waals surface area contributed by atoms with Crippen LogP contribution in [-0.4, -0.2) is 31.6 Å². The Morgan fingerprint density at radius 1 is 1.33 bits per heavy atom. The van der Waals surface area contributed by atoms with Gasteiger partial charge in [-0.2, -0.15) is 0 Å². The van der Waals surface area contributed by atoms with Crippen LogP contribution in [0.1, 0.15) is 24.0 Å². The third-order valence-electron chi connectivity index (χ3n) is 3.83. The molecule has 0 radical (unpaired) electrons. The molecule has 18 heavy (non-hydrogen) atoms. The molecule has 1 heterocycles. The Hall–Kier alpha value is -0.930. The van der Waals surface area contributed by atoms with Crippen molar-refractivity contribution in [1.29, 1.82) is 0 Å². The van der Waals surface area contributed by atoms with Gasteiger partial charge in [-0.3, -0.25) is 4.90 Å². The average Bonchev–Trinajstić information content (AvgIpc) is 2.37. The molecule has 1 aromatic carbocycles. The van der Waals surface area contributed by atoms with Crippen molar-refractivity contribution < 1.29 is 4.39 Å². The number of nitrogens with one attached hydrogen (secondary N) is 1. The summed E-state index contributed by atoms with van der Waals surface area (Å²) in [4.78, 5) is 2.47.